The summed E-state index contributed by atoms with van der Waals surface area (Å²) in [4.78, 5) is 33.9. The minimum absolute atomic E-state index is 0.0732. The summed E-state index contributed by atoms with van der Waals surface area (Å²) >= 11 is 11.3. The van der Waals surface area contributed by atoms with Gasteiger partial charge in [-0.1, -0.05) is 101 Å². The number of rotatable bonds is 21. The zero-order chi connectivity index (χ0) is 31.1. The number of carboxylic acid groups (broad SMARTS) is 1. The minimum Gasteiger partial charge on any atom is -0.480 e. The highest BCUT2D eigenvalue weighted by Gasteiger charge is 2.35. The number of carbonyl (C=O) groups excluding carboxylic acids is 2. The fourth-order valence-corrected chi connectivity index (χ4v) is 4.59. The van der Waals surface area contributed by atoms with Crippen molar-refractivity contribution in [1.29, 1.82) is 0 Å². The molecule has 13 heteroatoms. The molecule has 1 atom stereocenters. The van der Waals surface area contributed by atoms with Crippen molar-refractivity contribution < 1.29 is 46.7 Å². The van der Waals surface area contributed by atoms with Gasteiger partial charge in [0.25, 0.3) is 10.1 Å². The van der Waals surface area contributed by atoms with E-state index in [9.17, 15) is 27.4 Å². The molecule has 0 aliphatic heterocycles. The van der Waals surface area contributed by atoms with Gasteiger partial charge in [-0.25, -0.2) is 4.79 Å². The summed E-state index contributed by atoms with van der Waals surface area (Å²) in [6.07, 6.45) is 11.3. The number of aliphatic carboxylic acids is 1. The van der Waals surface area contributed by atoms with Crippen LogP contribution in [0.1, 0.15) is 97.3 Å². The van der Waals surface area contributed by atoms with E-state index in [-0.39, 0.29) is 13.2 Å². The second kappa shape index (κ2) is 23.5. The van der Waals surface area contributed by atoms with Crippen molar-refractivity contribution in [2.24, 2.45) is 0 Å². The third-order valence-corrected chi connectivity index (χ3v) is 7.33. The van der Waals surface area contributed by atoms with Gasteiger partial charge in [0.05, 0.1) is 24.7 Å². The van der Waals surface area contributed by atoms with Gasteiger partial charge in [-0.3, -0.25) is 14.1 Å². The van der Waals surface area contributed by atoms with Gasteiger partial charge in [-0.2, -0.15) is 8.42 Å². The van der Waals surface area contributed by atoms with E-state index in [0.717, 1.165) is 57.8 Å². The lowest BCUT2D eigenvalue weighted by Crippen LogP contribution is -2.34. The van der Waals surface area contributed by atoms with E-state index in [4.69, 9.17) is 42.5 Å². The summed E-state index contributed by atoms with van der Waals surface area (Å²) in [6.45, 7) is 4.09. The molecule has 0 heterocycles. The smallest absolute Gasteiger partial charge is 0.341 e. The van der Waals surface area contributed by atoms with Crippen molar-refractivity contribution in [2.45, 2.75) is 103 Å². The van der Waals surface area contributed by atoms with E-state index < -0.39 is 46.3 Å². The quantitative estimate of drug-likeness (QED) is 0.0822. The van der Waals surface area contributed by atoms with Gasteiger partial charge in [-0.05, 0) is 31.0 Å². The molecule has 0 saturated carbocycles. The van der Waals surface area contributed by atoms with Crippen LogP contribution in [0.4, 0.5) is 0 Å². The second-order valence-corrected chi connectivity index (χ2v) is 11.8. The van der Waals surface area contributed by atoms with Crippen LogP contribution in [0.15, 0.2) is 18.2 Å². The molecule has 1 rings (SSSR count). The van der Waals surface area contributed by atoms with E-state index in [2.05, 4.69) is 13.8 Å². The molecule has 0 aromatic heterocycles. The Hall–Kier alpha value is -2.08. The highest BCUT2D eigenvalue weighted by molar-refractivity contribution is 7.87. The van der Waals surface area contributed by atoms with Crippen LogP contribution in [0, 0.1) is 0 Å². The Bertz CT molecular complexity index is 1000. The van der Waals surface area contributed by atoms with Crippen LogP contribution < -0.4 is 4.74 Å². The Morgan fingerprint density at radius 2 is 1.34 bits per heavy atom. The Labute approximate surface area is 253 Å². The van der Waals surface area contributed by atoms with Crippen LogP contribution in [0.2, 0.25) is 10.0 Å². The van der Waals surface area contributed by atoms with Crippen LogP contribution in [-0.2, 0) is 34.0 Å². The first-order valence-corrected chi connectivity index (χ1v) is 16.3. The van der Waals surface area contributed by atoms with E-state index in [0.29, 0.717) is 28.6 Å². The van der Waals surface area contributed by atoms with Gasteiger partial charge in [0, 0.05) is 5.02 Å². The Morgan fingerprint density at radius 1 is 0.829 bits per heavy atom. The molecule has 0 aliphatic carbocycles. The van der Waals surface area contributed by atoms with Gasteiger partial charge >= 0.3 is 17.9 Å². The maximum absolute atomic E-state index is 12.0. The van der Waals surface area contributed by atoms with E-state index in [1.54, 1.807) is 6.07 Å². The zero-order valence-electron chi connectivity index (χ0n) is 23.9. The molecule has 0 amide bonds. The fraction of sp³-hybridized carbons (Fsp3) is 0.679. The van der Waals surface area contributed by atoms with Gasteiger partial charge in [0.1, 0.15) is 5.75 Å². The van der Waals surface area contributed by atoms with E-state index >= 15 is 0 Å². The first-order chi connectivity index (χ1) is 19.4. The molecule has 0 saturated heterocycles. The predicted molar refractivity (Wildman–Crippen MR) is 158 cm³/mol. The van der Waals surface area contributed by atoms with E-state index in [1.807, 2.05) is 0 Å². The van der Waals surface area contributed by atoms with Gasteiger partial charge < -0.3 is 19.3 Å². The second-order valence-electron chi connectivity index (χ2n) is 9.39. The number of benzene rings is 1. The van der Waals surface area contributed by atoms with Crippen molar-refractivity contribution in [1.82, 2.24) is 0 Å². The molecule has 10 nitrogen and oxygen atoms in total. The first-order valence-electron chi connectivity index (χ1n) is 14.0. The maximum atomic E-state index is 12.0. The van der Waals surface area contributed by atoms with Gasteiger partial charge in [0.15, 0.2) is 11.9 Å². The molecule has 1 unspecified atom stereocenters. The number of unbranched alkanes of at least 4 members (excludes halogenated alkanes) is 10. The van der Waals surface area contributed by atoms with Gasteiger partial charge in [0.2, 0.25) is 0 Å². The number of carbonyl (C=O) groups is 3. The topological polar surface area (TPSA) is 154 Å². The number of hydrogen-bond acceptors (Lipinski definition) is 8. The molecule has 0 aliphatic rings. The van der Waals surface area contributed by atoms with Crippen molar-refractivity contribution in [3.63, 3.8) is 0 Å². The number of esters is 2. The molecule has 2 N–H and O–H groups in total. The summed E-state index contributed by atoms with van der Waals surface area (Å²) in [5, 5.41) is 7.18. The molecule has 1 aromatic carbocycles. The van der Waals surface area contributed by atoms with Crippen molar-refractivity contribution >= 4 is 51.2 Å². The standard InChI is InChI=1S/C20H38O7S.C8H6Cl2O3/c1-3-5-7-9-11-13-15-26-19(21)17-18(28(23,24)25)20(22)27-16-14-12-10-8-6-4-2;9-5-1-2-7(6(10)3-5)13-4-8(11)12/h18H,3-17H2,1-2H3,(H,23,24,25);1-3H,4H2,(H,11,12). The lowest BCUT2D eigenvalue weighted by atomic mass is 10.1. The number of carboxylic acids is 1. The van der Waals surface area contributed by atoms with Crippen molar-refractivity contribution in [3.8, 4) is 5.75 Å². The monoisotopic (exact) mass is 642 g/mol. The summed E-state index contributed by atoms with van der Waals surface area (Å²) in [5.74, 6) is -2.67. The third kappa shape index (κ3) is 21.3. The average molecular weight is 644 g/mol. The zero-order valence-corrected chi connectivity index (χ0v) is 26.3. The van der Waals surface area contributed by atoms with E-state index in [1.165, 1.54) is 18.6 Å². The molecule has 0 radical (unpaired) electrons. The van der Waals surface area contributed by atoms with Crippen LogP contribution in [0.25, 0.3) is 0 Å². The summed E-state index contributed by atoms with van der Waals surface area (Å²) in [5.41, 5.74) is 0. The highest BCUT2D eigenvalue weighted by atomic mass is 35.5. The number of halogens is 2. The molecule has 0 spiro atoms. The largest absolute Gasteiger partial charge is 0.480 e. The lowest BCUT2D eigenvalue weighted by Gasteiger charge is -2.13. The normalized spacial score (nSPS) is 11.6. The fourth-order valence-electron chi connectivity index (χ4n) is 3.47. The molecule has 0 fully saturated rings. The highest BCUT2D eigenvalue weighted by Crippen LogP contribution is 2.27. The lowest BCUT2D eigenvalue weighted by molar-refractivity contribution is -0.150. The summed E-state index contributed by atoms with van der Waals surface area (Å²) < 4.78 is 46.9. The van der Waals surface area contributed by atoms with Crippen LogP contribution in [0.3, 0.4) is 0 Å². The maximum Gasteiger partial charge on any atom is 0.341 e. The molecule has 236 valence electrons. The van der Waals surface area contributed by atoms with Crippen LogP contribution in [0.5, 0.6) is 5.75 Å². The average Bonchev–Trinajstić information content (AvgIpc) is 2.89. The molecule has 0 bridgehead atoms. The summed E-state index contributed by atoms with van der Waals surface area (Å²) in [6, 6.07) is 4.58. The number of ether oxygens (including phenoxy) is 3. The Kier molecular flexibility index (Phi) is 22.3. The molecule has 1 aromatic rings. The number of hydrogen-bond donors (Lipinski definition) is 2. The van der Waals surface area contributed by atoms with Crippen LogP contribution >= 0.6 is 23.2 Å². The first kappa shape index (κ1) is 38.9. The van der Waals surface area contributed by atoms with Crippen molar-refractivity contribution in [2.75, 3.05) is 19.8 Å². The summed E-state index contributed by atoms with van der Waals surface area (Å²) in [7, 11) is -4.73. The minimum atomic E-state index is -4.73. The molecule has 41 heavy (non-hydrogen) atoms. The Morgan fingerprint density at radius 3 is 1.83 bits per heavy atom. The Balaban J connectivity index is 0.00000102. The predicted octanol–water partition coefficient (Wildman–Crippen LogP) is 6.90. The third-order valence-electron chi connectivity index (χ3n) is 5.72. The van der Waals surface area contributed by atoms with Gasteiger partial charge in [-0.15, -0.1) is 0 Å². The van der Waals surface area contributed by atoms with Crippen LogP contribution in [-0.4, -0.2) is 61.1 Å². The molecular formula is C28H44Cl2O10S. The SMILES string of the molecule is CCCCCCCCOC(=O)CC(C(=O)OCCCCCCCC)S(=O)(=O)O.O=C(O)COc1ccc(Cl)cc1Cl. The molecular weight excluding hydrogens is 599 g/mol. The van der Waals surface area contributed by atoms with Crippen molar-refractivity contribution in [3.05, 3.63) is 28.2 Å².